The second kappa shape index (κ2) is 3.90. The Morgan fingerprint density at radius 2 is 1.39 bits per heavy atom. The summed E-state index contributed by atoms with van der Waals surface area (Å²) < 4.78 is 3.12. The second-order valence-corrected chi connectivity index (χ2v) is 6.39. The molecule has 18 heavy (non-hydrogen) atoms. The van der Waals surface area contributed by atoms with E-state index < -0.39 is 22.5 Å². The van der Waals surface area contributed by atoms with E-state index in [9.17, 15) is 9.59 Å². The van der Waals surface area contributed by atoms with E-state index in [4.69, 9.17) is 11.5 Å². The molecule has 1 aromatic heterocycles. The van der Waals surface area contributed by atoms with E-state index in [1.165, 1.54) is 4.68 Å². The molecule has 0 aliphatic carbocycles. The van der Waals surface area contributed by atoms with Crippen molar-refractivity contribution in [2.24, 2.45) is 5.73 Å². The van der Waals surface area contributed by atoms with Crippen LogP contribution >= 0.6 is 0 Å². The molecule has 1 rings (SSSR count). The number of carbonyl (C=O) groups is 1. The van der Waals surface area contributed by atoms with Crippen LogP contribution in [-0.2, 0) is 11.1 Å². The van der Waals surface area contributed by atoms with Crippen LogP contribution in [0, 0.1) is 0 Å². The molecule has 0 atom stereocenters. The molecule has 0 saturated heterocycles. The van der Waals surface area contributed by atoms with Gasteiger partial charge in [0, 0.05) is 0 Å². The van der Waals surface area contributed by atoms with E-state index in [0.717, 1.165) is 0 Å². The average Bonchev–Trinajstić information content (AvgIpc) is 2.35. The molecule has 1 heterocycles. The minimum atomic E-state index is -0.793. The summed E-state index contributed by atoms with van der Waals surface area (Å²) in [6.07, 6.45) is 0. The van der Waals surface area contributed by atoms with Crippen molar-refractivity contribution in [2.75, 3.05) is 5.73 Å². The van der Waals surface area contributed by atoms with E-state index in [2.05, 4.69) is 0 Å². The largest absolute Gasteiger partial charge is 0.383 e. The van der Waals surface area contributed by atoms with Crippen LogP contribution in [0.2, 0.25) is 0 Å². The highest BCUT2D eigenvalue weighted by molar-refractivity contribution is 5.97. The zero-order valence-corrected chi connectivity index (χ0v) is 11.9. The maximum absolute atomic E-state index is 12.3. The fourth-order valence-electron chi connectivity index (χ4n) is 2.02. The lowest BCUT2D eigenvalue weighted by atomic mass is 10.1. The predicted molar refractivity (Wildman–Crippen MR) is 71.6 cm³/mol. The third kappa shape index (κ3) is 2.14. The second-order valence-electron chi connectivity index (χ2n) is 6.39. The minimum Gasteiger partial charge on any atom is -0.383 e. The molecule has 6 nitrogen and oxygen atoms in total. The van der Waals surface area contributed by atoms with Crippen LogP contribution in [0.5, 0.6) is 0 Å². The number of rotatable bonds is 1. The first-order chi connectivity index (χ1) is 7.89. The van der Waals surface area contributed by atoms with Gasteiger partial charge in [0.15, 0.2) is 0 Å². The summed E-state index contributed by atoms with van der Waals surface area (Å²) >= 11 is 0. The molecular weight excluding hydrogens is 232 g/mol. The fourth-order valence-corrected chi connectivity index (χ4v) is 2.02. The number of hydrogen-bond acceptors (Lipinski definition) is 3. The number of hydrogen-bond donors (Lipinski definition) is 2. The summed E-state index contributed by atoms with van der Waals surface area (Å²) in [5.74, 6) is -0.673. The molecule has 102 valence electrons. The first-order valence-electron chi connectivity index (χ1n) is 5.83. The molecule has 0 radical (unpaired) electrons. The van der Waals surface area contributed by atoms with Crippen LogP contribution in [0.1, 0.15) is 51.9 Å². The van der Waals surface area contributed by atoms with Crippen molar-refractivity contribution in [1.82, 2.24) is 9.36 Å². The Morgan fingerprint density at radius 3 is 1.61 bits per heavy atom. The van der Waals surface area contributed by atoms with Crippen LogP contribution < -0.4 is 17.0 Å². The zero-order chi connectivity index (χ0) is 14.5. The van der Waals surface area contributed by atoms with Crippen LogP contribution in [0.3, 0.4) is 0 Å². The lowest BCUT2D eigenvalue weighted by Crippen LogP contribution is -2.42. The third-order valence-electron chi connectivity index (χ3n) is 2.61. The van der Waals surface area contributed by atoms with Gasteiger partial charge in [-0.3, -0.25) is 14.3 Å². The van der Waals surface area contributed by atoms with Gasteiger partial charge in [0.1, 0.15) is 11.4 Å². The molecule has 0 fully saturated rings. The van der Waals surface area contributed by atoms with E-state index >= 15 is 0 Å². The SMILES string of the molecule is CC(C)(C)n1c(N)c(C(N)=O)c(=O)n1C(C)(C)C. The molecule has 1 aromatic rings. The number of nitrogens with two attached hydrogens (primary N) is 2. The third-order valence-corrected chi connectivity index (χ3v) is 2.61. The Kier molecular flexibility index (Phi) is 3.10. The normalized spacial score (nSPS) is 12.8. The Labute approximate surface area is 107 Å². The molecule has 0 aliphatic rings. The number of carbonyl (C=O) groups excluding carboxylic acids is 1. The zero-order valence-electron chi connectivity index (χ0n) is 11.9. The molecular formula is C12H22N4O2. The standard InChI is InChI=1S/C12H22N4O2/c1-11(2,3)15-8(13)7(9(14)17)10(18)16(15)12(4,5)6/h13H2,1-6H3,(H2,14,17). The van der Waals surface area contributed by atoms with Crippen molar-refractivity contribution < 1.29 is 4.79 Å². The summed E-state index contributed by atoms with van der Waals surface area (Å²) in [7, 11) is 0. The number of amides is 1. The first kappa shape index (κ1) is 14.3. The topological polar surface area (TPSA) is 96.0 Å². The minimum absolute atomic E-state index is 0.120. The summed E-state index contributed by atoms with van der Waals surface area (Å²) in [6.45, 7) is 11.4. The molecule has 4 N–H and O–H groups in total. The van der Waals surface area contributed by atoms with Crippen LogP contribution in [0.25, 0.3) is 0 Å². The van der Waals surface area contributed by atoms with Gasteiger partial charge >= 0.3 is 0 Å². The Hall–Kier alpha value is -1.72. The monoisotopic (exact) mass is 254 g/mol. The van der Waals surface area contributed by atoms with Gasteiger partial charge in [-0.25, -0.2) is 4.68 Å². The van der Waals surface area contributed by atoms with Gasteiger partial charge in [-0.15, -0.1) is 0 Å². The molecule has 0 aliphatic heterocycles. The molecule has 6 heteroatoms. The van der Waals surface area contributed by atoms with E-state index in [0.29, 0.717) is 0 Å². The van der Waals surface area contributed by atoms with Gasteiger partial charge in [0.2, 0.25) is 0 Å². The van der Waals surface area contributed by atoms with Gasteiger partial charge in [0.25, 0.3) is 11.5 Å². The first-order valence-corrected chi connectivity index (χ1v) is 5.83. The molecule has 1 amide bonds. The highest BCUT2D eigenvalue weighted by atomic mass is 16.2. The van der Waals surface area contributed by atoms with Gasteiger partial charge < -0.3 is 11.5 Å². The van der Waals surface area contributed by atoms with Crippen molar-refractivity contribution in [3.63, 3.8) is 0 Å². The lowest BCUT2D eigenvalue weighted by Gasteiger charge is -2.32. The van der Waals surface area contributed by atoms with Crippen molar-refractivity contribution in [3.8, 4) is 0 Å². The molecule has 0 unspecified atom stereocenters. The summed E-state index contributed by atoms with van der Waals surface area (Å²) in [6, 6.07) is 0. The van der Waals surface area contributed by atoms with E-state index in [-0.39, 0.29) is 11.4 Å². The van der Waals surface area contributed by atoms with Crippen molar-refractivity contribution >= 4 is 11.7 Å². The quantitative estimate of drug-likeness (QED) is 0.777. The number of primary amides is 1. The molecule has 0 bridgehead atoms. The van der Waals surface area contributed by atoms with E-state index in [1.54, 1.807) is 4.68 Å². The highest BCUT2D eigenvalue weighted by Crippen LogP contribution is 2.25. The Morgan fingerprint density at radius 1 is 1.00 bits per heavy atom. The van der Waals surface area contributed by atoms with Crippen LogP contribution in [-0.4, -0.2) is 15.3 Å². The van der Waals surface area contributed by atoms with Gasteiger partial charge in [-0.2, -0.15) is 0 Å². The van der Waals surface area contributed by atoms with Gasteiger partial charge in [-0.05, 0) is 41.5 Å². The Balaban J connectivity index is 3.87. The van der Waals surface area contributed by atoms with Crippen molar-refractivity contribution in [2.45, 2.75) is 52.6 Å². The number of nitrogen functional groups attached to an aromatic ring is 1. The molecule has 0 saturated carbocycles. The van der Waals surface area contributed by atoms with E-state index in [1.807, 2.05) is 41.5 Å². The average molecular weight is 254 g/mol. The highest BCUT2D eigenvalue weighted by Gasteiger charge is 2.32. The van der Waals surface area contributed by atoms with Gasteiger partial charge in [-0.1, -0.05) is 0 Å². The predicted octanol–water partition coefficient (Wildman–Crippen LogP) is 0.841. The Bertz CT molecular complexity index is 538. The number of anilines is 1. The lowest BCUT2D eigenvalue weighted by molar-refractivity contribution is 0.0999. The summed E-state index contributed by atoms with van der Waals surface area (Å²) in [4.78, 5) is 23.7. The molecule has 0 aromatic carbocycles. The smallest absolute Gasteiger partial charge is 0.282 e. The van der Waals surface area contributed by atoms with Gasteiger partial charge in [0.05, 0.1) is 11.1 Å². The van der Waals surface area contributed by atoms with Crippen LogP contribution in [0.15, 0.2) is 4.79 Å². The summed E-state index contributed by atoms with van der Waals surface area (Å²) in [5, 5.41) is 0. The molecule has 0 spiro atoms. The number of aromatic nitrogens is 2. The maximum Gasteiger partial charge on any atom is 0.282 e. The van der Waals surface area contributed by atoms with Crippen LogP contribution in [0.4, 0.5) is 5.82 Å². The maximum atomic E-state index is 12.3. The number of nitrogens with zero attached hydrogens (tertiary/aromatic N) is 2. The fraction of sp³-hybridized carbons (Fsp3) is 0.667. The van der Waals surface area contributed by atoms with Crippen molar-refractivity contribution in [1.29, 1.82) is 0 Å². The van der Waals surface area contributed by atoms with Crippen molar-refractivity contribution in [3.05, 3.63) is 15.9 Å². The summed E-state index contributed by atoms with van der Waals surface area (Å²) in [5.41, 5.74) is 9.67.